The Balaban J connectivity index is 0.000000147. The Morgan fingerprint density at radius 3 is 1.49 bits per heavy atom. The Labute approximate surface area is 225 Å². The topological polar surface area (TPSA) is 0 Å². The van der Waals surface area contributed by atoms with E-state index in [0.717, 1.165) is 0 Å². The Morgan fingerprint density at radius 2 is 1.00 bits per heavy atom. The quantitative estimate of drug-likeness (QED) is 0.253. The average Bonchev–Trinajstić information content (AvgIpc) is 3.28. The van der Waals surface area contributed by atoms with E-state index in [9.17, 15) is 0 Å². The van der Waals surface area contributed by atoms with Crippen LogP contribution >= 0.6 is 7.92 Å². The second-order valence-electron chi connectivity index (χ2n) is 11.1. The zero-order valence-corrected chi connectivity index (χ0v) is 24.0. The molecule has 0 heterocycles. The fourth-order valence-corrected chi connectivity index (χ4v) is 12.5. The number of benzene rings is 2. The van der Waals surface area contributed by atoms with Crippen LogP contribution in [-0.4, -0.2) is 21.1 Å². The molecule has 3 fully saturated rings. The summed E-state index contributed by atoms with van der Waals surface area (Å²) in [5.41, 5.74) is 8.82. The standard InChI is InChI=1S/C18H33P.C15H10.Ru/c1-4-10-16(11-5-1)19(17-12-6-2-7-13-17)18-14-8-3-9-15-18;1-2-6-12(7-3-1)15-10-13-8-4-5-9-14(13)11-15;/h16-18H,1-15H2;1-10H;. The molecule has 3 saturated carbocycles. The summed E-state index contributed by atoms with van der Waals surface area (Å²) in [5, 5.41) is 0. The van der Waals surface area contributed by atoms with Gasteiger partial charge >= 0.3 is 105 Å². The Kier molecular flexibility index (Phi) is 9.61. The van der Waals surface area contributed by atoms with Crippen LogP contribution in [0.4, 0.5) is 0 Å². The van der Waals surface area contributed by atoms with E-state index in [0.29, 0.717) is 7.92 Å². The molecule has 0 unspecified atom stereocenters. The summed E-state index contributed by atoms with van der Waals surface area (Å²) in [7, 11) is 0.385. The molecule has 0 aliphatic heterocycles. The van der Waals surface area contributed by atoms with Gasteiger partial charge in [-0.25, -0.2) is 0 Å². The Morgan fingerprint density at radius 1 is 0.543 bits per heavy atom. The van der Waals surface area contributed by atoms with Gasteiger partial charge in [-0.05, 0) is 55.5 Å². The third-order valence-corrected chi connectivity index (χ3v) is 13.8. The molecule has 4 aliphatic carbocycles. The summed E-state index contributed by atoms with van der Waals surface area (Å²) in [6, 6.07) is 19.0. The Hall–Kier alpha value is -0.897. The van der Waals surface area contributed by atoms with Crippen LogP contribution in [0.1, 0.15) is 113 Å². The summed E-state index contributed by atoms with van der Waals surface area (Å²) in [5.74, 6) is 0. The molecule has 6 rings (SSSR count). The first kappa shape index (κ1) is 25.7. The van der Waals surface area contributed by atoms with Crippen LogP contribution in [0.15, 0.2) is 54.6 Å². The van der Waals surface area contributed by atoms with Crippen molar-refractivity contribution in [2.45, 2.75) is 113 Å². The summed E-state index contributed by atoms with van der Waals surface area (Å²) < 4.78 is 1.31. The molecule has 188 valence electrons. The number of hydrogen-bond acceptors (Lipinski definition) is 0. The van der Waals surface area contributed by atoms with Gasteiger partial charge in [0.05, 0.1) is 0 Å². The third kappa shape index (κ3) is 6.52. The van der Waals surface area contributed by atoms with Gasteiger partial charge in [0.25, 0.3) is 0 Å². The van der Waals surface area contributed by atoms with Gasteiger partial charge in [-0.15, -0.1) is 0 Å². The minimum atomic E-state index is 0.385. The zero-order valence-electron chi connectivity index (χ0n) is 21.4. The Bertz CT molecular complexity index is 932. The van der Waals surface area contributed by atoms with Crippen molar-refractivity contribution < 1.29 is 17.9 Å². The first-order valence-corrected chi connectivity index (χ1v) is 16.9. The fraction of sp³-hybridized carbons (Fsp3) is 0.545. The van der Waals surface area contributed by atoms with Crippen molar-refractivity contribution in [2.24, 2.45) is 0 Å². The molecule has 2 heteroatoms. The van der Waals surface area contributed by atoms with Crippen LogP contribution in [0.25, 0.3) is 11.6 Å². The van der Waals surface area contributed by atoms with Gasteiger partial charge in [0.1, 0.15) is 0 Å². The zero-order chi connectivity index (χ0) is 23.9. The minimum absolute atomic E-state index is 0.385. The molecule has 0 N–H and O–H groups in total. The molecule has 2 aromatic rings. The van der Waals surface area contributed by atoms with Gasteiger partial charge < -0.3 is 0 Å². The van der Waals surface area contributed by atoms with Gasteiger partial charge in [-0.1, -0.05) is 65.7 Å². The van der Waals surface area contributed by atoms with Gasteiger partial charge in [0.2, 0.25) is 0 Å². The van der Waals surface area contributed by atoms with E-state index in [-0.39, 0.29) is 0 Å². The number of rotatable bonds is 4. The second kappa shape index (κ2) is 13.1. The number of allylic oxidation sites excluding steroid dienone is 1. The van der Waals surface area contributed by atoms with Crippen LogP contribution in [0.3, 0.4) is 0 Å². The van der Waals surface area contributed by atoms with Crippen LogP contribution in [-0.2, 0) is 17.9 Å². The number of fused-ring (bicyclic) bond motifs is 1. The molecule has 35 heavy (non-hydrogen) atoms. The van der Waals surface area contributed by atoms with Crippen molar-refractivity contribution in [3.05, 3.63) is 71.3 Å². The third-order valence-electron chi connectivity index (χ3n) is 8.79. The average molecular weight is 572 g/mol. The van der Waals surface area contributed by atoms with E-state index in [4.69, 9.17) is 0 Å². The van der Waals surface area contributed by atoms with Crippen LogP contribution < -0.4 is 0 Å². The predicted octanol–water partition coefficient (Wildman–Crippen LogP) is 9.77. The van der Waals surface area contributed by atoms with Gasteiger partial charge in [0.15, 0.2) is 0 Å². The SMILES string of the molecule is C1CCC(P(C2CCCCC2)C2CCCCC2)CC1.[Ru]=[C]1C(c2ccccc2)=Cc2ccccc21. The normalized spacial score (nSPS) is 21.9. The van der Waals surface area contributed by atoms with Crippen molar-refractivity contribution in [1.29, 1.82) is 0 Å². The molecule has 0 atom stereocenters. The van der Waals surface area contributed by atoms with E-state index in [1.54, 1.807) is 77.0 Å². The predicted molar refractivity (Wildman–Crippen MR) is 152 cm³/mol. The van der Waals surface area contributed by atoms with Crippen LogP contribution in [0.2, 0.25) is 0 Å². The first-order valence-electron chi connectivity index (χ1n) is 14.5. The van der Waals surface area contributed by atoms with Gasteiger partial charge in [-0.3, -0.25) is 0 Å². The van der Waals surface area contributed by atoms with E-state index in [1.165, 1.54) is 62.6 Å². The maximum absolute atomic E-state index is 2.76. The van der Waals surface area contributed by atoms with Crippen molar-refractivity contribution in [1.82, 2.24) is 0 Å². The molecule has 0 radical (unpaired) electrons. The van der Waals surface area contributed by atoms with E-state index in [2.05, 4.69) is 78.5 Å². The maximum atomic E-state index is 2.76. The summed E-state index contributed by atoms with van der Waals surface area (Å²) in [6.07, 6.45) is 25.9. The van der Waals surface area contributed by atoms with Crippen molar-refractivity contribution in [2.75, 3.05) is 0 Å². The second-order valence-corrected chi connectivity index (χ2v) is 15.1. The molecule has 0 bridgehead atoms. The molecular formula is C33H43PRu. The first-order chi connectivity index (χ1) is 17.3. The summed E-state index contributed by atoms with van der Waals surface area (Å²) >= 11 is 2.76. The van der Waals surface area contributed by atoms with E-state index in [1.807, 2.05) is 0 Å². The van der Waals surface area contributed by atoms with Gasteiger partial charge in [0, 0.05) is 0 Å². The molecule has 0 aromatic heterocycles. The monoisotopic (exact) mass is 572 g/mol. The van der Waals surface area contributed by atoms with Gasteiger partial charge in [-0.2, -0.15) is 0 Å². The van der Waals surface area contributed by atoms with Crippen molar-refractivity contribution in [3.63, 3.8) is 0 Å². The van der Waals surface area contributed by atoms with E-state index >= 15 is 0 Å². The summed E-state index contributed by atoms with van der Waals surface area (Å²) in [4.78, 5) is 0. The number of hydrogen-bond donors (Lipinski definition) is 0. The molecule has 4 aliphatic rings. The van der Waals surface area contributed by atoms with Crippen LogP contribution in [0.5, 0.6) is 0 Å². The van der Waals surface area contributed by atoms with Crippen LogP contribution in [0, 0.1) is 0 Å². The molecule has 0 saturated heterocycles. The molecule has 0 spiro atoms. The molecule has 0 nitrogen and oxygen atoms in total. The molecule has 0 amide bonds. The van der Waals surface area contributed by atoms with E-state index < -0.39 is 0 Å². The molecular weight excluding hydrogens is 528 g/mol. The fourth-order valence-electron chi connectivity index (χ4n) is 7.04. The van der Waals surface area contributed by atoms with Crippen molar-refractivity contribution >= 4 is 23.7 Å². The summed E-state index contributed by atoms with van der Waals surface area (Å²) in [6.45, 7) is 0. The van der Waals surface area contributed by atoms with Crippen molar-refractivity contribution in [3.8, 4) is 0 Å². The molecule has 2 aromatic carbocycles.